The molecule has 3 rings (SSSR count). The Kier molecular flexibility index (Phi) is 5.33. The van der Waals surface area contributed by atoms with Crippen LogP contribution in [0.3, 0.4) is 0 Å². The fraction of sp³-hybridized carbons (Fsp3) is 0.300. The van der Waals surface area contributed by atoms with Gasteiger partial charge in [0.05, 0.1) is 0 Å². The van der Waals surface area contributed by atoms with Crippen LogP contribution in [0.15, 0.2) is 54.6 Å². The molecule has 1 fully saturated rings. The van der Waals surface area contributed by atoms with E-state index in [-0.39, 0.29) is 18.0 Å². The zero-order chi connectivity index (χ0) is 17.6. The number of anilines is 2. The Balaban J connectivity index is 1.60. The second kappa shape index (κ2) is 7.83. The van der Waals surface area contributed by atoms with Gasteiger partial charge >= 0.3 is 6.03 Å². The van der Waals surface area contributed by atoms with Gasteiger partial charge in [-0.15, -0.1) is 0 Å². The molecule has 2 aromatic rings. The second-order valence-corrected chi connectivity index (χ2v) is 6.37. The number of para-hydroxylation sites is 1. The molecule has 0 saturated carbocycles. The van der Waals surface area contributed by atoms with Gasteiger partial charge in [0, 0.05) is 29.5 Å². The van der Waals surface area contributed by atoms with Crippen molar-refractivity contribution < 1.29 is 9.59 Å². The summed E-state index contributed by atoms with van der Waals surface area (Å²) >= 11 is 0. The summed E-state index contributed by atoms with van der Waals surface area (Å²) < 4.78 is 0. The number of hydrogen-bond acceptors (Lipinski definition) is 2. The maximum Gasteiger partial charge on any atom is 0.323 e. The minimum Gasteiger partial charge on any atom is -0.336 e. The van der Waals surface area contributed by atoms with Crippen molar-refractivity contribution in [3.8, 4) is 0 Å². The van der Waals surface area contributed by atoms with Gasteiger partial charge in [0.1, 0.15) is 0 Å². The second-order valence-electron chi connectivity index (χ2n) is 6.37. The molecule has 1 saturated heterocycles. The molecular formula is C20H23N3O2. The van der Waals surface area contributed by atoms with Crippen LogP contribution < -0.4 is 10.6 Å². The molecule has 2 aromatic carbocycles. The number of urea groups is 1. The fourth-order valence-corrected chi connectivity index (χ4v) is 3.08. The van der Waals surface area contributed by atoms with Crippen molar-refractivity contribution in [2.75, 3.05) is 17.2 Å². The van der Waals surface area contributed by atoms with Gasteiger partial charge in [0.25, 0.3) is 5.91 Å². The smallest absolute Gasteiger partial charge is 0.323 e. The van der Waals surface area contributed by atoms with Crippen molar-refractivity contribution in [1.82, 2.24) is 4.90 Å². The largest absolute Gasteiger partial charge is 0.336 e. The van der Waals surface area contributed by atoms with Crippen LogP contribution in [-0.4, -0.2) is 29.4 Å². The summed E-state index contributed by atoms with van der Waals surface area (Å²) in [5.41, 5.74) is 2.03. The molecule has 2 N–H and O–H groups in total. The lowest BCUT2D eigenvalue weighted by molar-refractivity contribution is 0.0635. The van der Waals surface area contributed by atoms with Crippen molar-refractivity contribution in [3.63, 3.8) is 0 Å². The SMILES string of the molecule is CC1CCCCN1C(=O)c1ccc(NC(=O)Nc2ccccc2)cc1. The van der Waals surface area contributed by atoms with Gasteiger partial charge in [0.15, 0.2) is 0 Å². The maximum atomic E-state index is 12.6. The molecule has 0 aromatic heterocycles. The third-order valence-corrected chi connectivity index (χ3v) is 4.49. The average molecular weight is 337 g/mol. The summed E-state index contributed by atoms with van der Waals surface area (Å²) in [5, 5.41) is 5.53. The fourth-order valence-electron chi connectivity index (χ4n) is 3.08. The zero-order valence-corrected chi connectivity index (χ0v) is 14.4. The number of hydrogen-bond donors (Lipinski definition) is 2. The van der Waals surface area contributed by atoms with Crippen molar-refractivity contribution >= 4 is 23.3 Å². The van der Waals surface area contributed by atoms with Gasteiger partial charge in [-0.2, -0.15) is 0 Å². The molecule has 130 valence electrons. The average Bonchev–Trinajstić information content (AvgIpc) is 2.63. The quantitative estimate of drug-likeness (QED) is 0.875. The van der Waals surface area contributed by atoms with Gasteiger partial charge < -0.3 is 15.5 Å². The summed E-state index contributed by atoms with van der Waals surface area (Å²) in [6.07, 6.45) is 3.31. The van der Waals surface area contributed by atoms with Crippen LogP contribution in [0.2, 0.25) is 0 Å². The van der Waals surface area contributed by atoms with Crippen LogP contribution in [0.1, 0.15) is 36.5 Å². The lowest BCUT2D eigenvalue weighted by Crippen LogP contribution is -2.42. The minimum atomic E-state index is -0.310. The Morgan fingerprint density at radius 3 is 2.20 bits per heavy atom. The number of carbonyl (C=O) groups is 2. The molecule has 0 radical (unpaired) electrons. The molecule has 1 unspecified atom stereocenters. The van der Waals surface area contributed by atoms with Crippen LogP contribution in [0.5, 0.6) is 0 Å². The summed E-state index contributed by atoms with van der Waals surface area (Å²) in [5.74, 6) is 0.0625. The van der Waals surface area contributed by atoms with E-state index < -0.39 is 0 Å². The summed E-state index contributed by atoms with van der Waals surface area (Å²) in [4.78, 5) is 26.5. The van der Waals surface area contributed by atoms with Gasteiger partial charge in [-0.25, -0.2) is 4.79 Å². The lowest BCUT2D eigenvalue weighted by Gasteiger charge is -2.33. The van der Waals surface area contributed by atoms with Crippen LogP contribution in [0, 0.1) is 0 Å². The van der Waals surface area contributed by atoms with Crippen LogP contribution in [0.4, 0.5) is 16.2 Å². The molecule has 5 nitrogen and oxygen atoms in total. The molecule has 25 heavy (non-hydrogen) atoms. The Morgan fingerprint density at radius 1 is 0.920 bits per heavy atom. The van der Waals surface area contributed by atoms with Crippen molar-refractivity contribution in [2.24, 2.45) is 0 Å². The predicted octanol–water partition coefficient (Wildman–Crippen LogP) is 4.35. The number of nitrogens with zero attached hydrogens (tertiary/aromatic N) is 1. The lowest BCUT2D eigenvalue weighted by atomic mass is 10.0. The number of carbonyl (C=O) groups excluding carboxylic acids is 2. The molecule has 3 amide bonds. The Morgan fingerprint density at radius 2 is 1.56 bits per heavy atom. The van der Waals surface area contributed by atoms with Crippen molar-refractivity contribution in [2.45, 2.75) is 32.2 Å². The first-order valence-electron chi connectivity index (χ1n) is 8.67. The van der Waals surface area contributed by atoms with Gasteiger partial charge in [-0.3, -0.25) is 4.79 Å². The number of nitrogens with one attached hydrogen (secondary N) is 2. The number of likely N-dealkylation sites (tertiary alicyclic amines) is 1. The predicted molar refractivity (Wildman–Crippen MR) is 99.9 cm³/mol. The van der Waals surface area contributed by atoms with Crippen LogP contribution in [-0.2, 0) is 0 Å². The minimum absolute atomic E-state index is 0.0625. The van der Waals surface area contributed by atoms with Crippen LogP contribution in [0.25, 0.3) is 0 Å². The Bertz CT molecular complexity index is 728. The third kappa shape index (κ3) is 4.38. The Labute approximate surface area is 148 Å². The summed E-state index contributed by atoms with van der Waals surface area (Å²) in [6.45, 7) is 2.92. The van der Waals surface area contributed by atoms with E-state index in [0.29, 0.717) is 11.3 Å². The topological polar surface area (TPSA) is 61.4 Å². The van der Waals surface area contributed by atoms with Crippen molar-refractivity contribution in [3.05, 3.63) is 60.2 Å². The summed E-state index contributed by atoms with van der Waals surface area (Å²) in [6, 6.07) is 16.3. The highest BCUT2D eigenvalue weighted by molar-refractivity contribution is 6.00. The zero-order valence-electron chi connectivity index (χ0n) is 14.4. The normalized spacial score (nSPS) is 17.0. The molecule has 5 heteroatoms. The van der Waals surface area contributed by atoms with Crippen LogP contribution >= 0.6 is 0 Å². The van der Waals surface area contributed by atoms with E-state index in [1.165, 1.54) is 6.42 Å². The van der Waals surface area contributed by atoms with E-state index in [1.807, 2.05) is 35.2 Å². The molecular weight excluding hydrogens is 314 g/mol. The van der Waals surface area contributed by atoms with E-state index in [4.69, 9.17) is 0 Å². The molecule has 0 spiro atoms. The molecule has 1 aliphatic heterocycles. The molecule has 0 bridgehead atoms. The number of rotatable bonds is 3. The maximum absolute atomic E-state index is 12.6. The highest BCUT2D eigenvalue weighted by Crippen LogP contribution is 2.20. The van der Waals surface area contributed by atoms with E-state index in [1.54, 1.807) is 24.3 Å². The highest BCUT2D eigenvalue weighted by atomic mass is 16.2. The highest BCUT2D eigenvalue weighted by Gasteiger charge is 2.24. The van der Waals surface area contributed by atoms with E-state index in [9.17, 15) is 9.59 Å². The van der Waals surface area contributed by atoms with Crippen molar-refractivity contribution in [1.29, 1.82) is 0 Å². The first-order valence-corrected chi connectivity index (χ1v) is 8.67. The first kappa shape index (κ1) is 17.0. The Hall–Kier alpha value is -2.82. The number of piperidine rings is 1. The molecule has 1 aliphatic rings. The summed E-state index contributed by atoms with van der Waals surface area (Å²) in [7, 11) is 0. The van der Waals surface area contributed by atoms with E-state index in [0.717, 1.165) is 25.1 Å². The third-order valence-electron chi connectivity index (χ3n) is 4.49. The number of benzene rings is 2. The molecule has 0 aliphatic carbocycles. The van der Waals surface area contributed by atoms with E-state index >= 15 is 0 Å². The van der Waals surface area contributed by atoms with Gasteiger partial charge in [-0.05, 0) is 62.6 Å². The standard InChI is InChI=1S/C20H23N3O2/c1-15-7-5-6-14-23(15)19(24)16-10-12-18(13-11-16)22-20(25)21-17-8-3-2-4-9-17/h2-4,8-13,15H,5-7,14H2,1H3,(H2,21,22,25). The monoisotopic (exact) mass is 337 g/mol. The molecule has 1 heterocycles. The first-order chi connectivity index (χ1) is 12.1. The van der Waals surface area contributed by atoms with Gasteiger partial charge in [-0.1, -0.05) is 18.2 Å². The van der Waals surface area contributed by atoms with Gasteiger partial charge in [0.2, 0.25) is 0 Å². The molecule has 1 atom stereocenters. The number of amides is 3. The van der Waals surface area contributed by atoms with E-state index in [2.05, 4.69) is 17.6 Å².